The number of nitrogens with zero attached hydrogens (tertiary/aromatic N) is 3. The largest absolute Gasteiger partial charge is 0.492 e. The number of likely N-dealkylation sites (tertiary alicyclic amines) is 1. The highest BCUT2D eigenvalue weighted by molar-refractivity contribution is 6.30. The molecule has 1 aliphatic heterocycles. The van der Waals surface area contributed by atoms with Gasteiger partial charge in [-0.3, -0.25) is 9.88 Å². The van der Waals surface area contributed by atoms with E-state index in [9.17, 15) is 0 Å². The minimum absolute atomic E-state index is 0.176. The predicted octanol–water partition coefficient (Wildman–Crippen LogP) is 7.14. The molecule has 1 saturated carbocycles. The van der Waals surface area contributed by atoms with Crippen LogP contribution < -0.4 is 4.74 Å². The number of ether oxygens (including phenoxy) is 1. The molecular weight excluding hydrogens is 490 g/mol. The molecule has 0 amide bonds. The van der Waals surface area contributed by atoms with Gasteiger partial charge in [0.25, 0.3) is 0 Å². The molecule has 5 rings (SSSR count). The van der Waals surface area contributed by atoms with Crippen LogP contribution in [-0.4, -0.2) is 60.2 Å². The summed E-state index contributed by atoms with van der Waals surface area (Å²) in [5.41, 5.74) is 4.78. The Morgan fingerprint density at radius 3 is 2.39 bits per heavy atom. The van der Waals surface area contributed by atoms with Gasteiger partial charge in [-0.25, -0.2) is 0 Å². The molecule has 1 aromatic heterocycles. The Kier molecular flexibility index (Phi) is 9.37. The van der Waals surface area contributed by atoms with Crippen molar-refractivity contribution in [3.8, 4) is 5.75 Å². The highest BCUT2D eigenvalue weighted by Crippen LogP contribution is 2.30. The Morgan fingerprint density at radius 2 is 1.71 bits per heavy atom. The van der Waals surface area contributed by atoms with E-state index in [4.69, 9.17) is 16.3 Å². The first-order chi connectivity index (χ1) is 18.6. The summed E-state index contributed by atoms with van der Waals surface area (Å²) < 4.78 is 6.26. The van der Waals surface area contributed by atoms with Crippen molar-refractivity contribution in [2.75, 3.05) is 33.3 Å². The average molecular weight is 532 g/mol. The van der Waals surface area contributed by atoms with Crippen molar-refractivity contribution in [2.45, 2.75) is 69.9 Å². The molecule has 4 nitrogen and oxygen atoms in total. The van der Waals surface area contributed by atoms with Crippen LogP contribution in [0.25, 0.3) is 0 Å². The normalized spacial score (nSPS) is 18.2. The van der Waals surface area contributed by atoms with Crippen LogP contribution in [0.5, 0.6) is 5.75 Å². The number of piperidine rings is 1. The average Bonchev–Trinajstić information content (AvgIpc) is 3.49. The second-order valence-electron chi connectivity index (χ2n) is 11.2. The van der Waals surface area contributed by atoms with Crippen molar-refractivity contribution >= 4 is 11.6 Å². The fourth-order valence-electron chi connectivity index (χ4n) is 6.35. The Balaban J connectivity index is 1.13. The maximum atomic E-state index is 6.26. The number of halogens is 1. The van der Waals surface area contributed by atoms with Crippen molar-refractivity contribution in [3.05, 3.63) is 94.3 Å². The van der Waals surface area contributed by atoms with Crippen molar-refractivity contribution in [1.29, 1.82) is 0 Å². The Labute approximate surface area is 234 Å². The molecule has 1 unspecified atom stereocenters. The number of aromatic nitrogens is 1. The molecule has 1 saturated heterocycles. The summed E-state index contributed by atoms with van der Waals surface area (Å²) in [7, 11) is 2.36. The van der Waals surface area contributed by atoms with E-state index in [1.807, 2.05) is 24.4 Å². The zero-order valence-electron chi connectivity index (χ0n) is 23.0. The van der Waals surface area contributed by atoms with Crippen LogP contribution in [0, 0.1) is 6.92 Å². The maximum Gasteiger partial charge on any atom is 0.122 e. The molecule has 0 radical (unpaired) electrons. The lowest BCUT2D eigenvalue weighted by Crippen LogP contribution is -2.47. The van der Waals surface area contributed by atoms with Gasteiger partial charge in [0.1, 0.15) is 12.4 Å². The zero-order valence-corrected chi connectivity index (χ0v) is 23.7. The van der Waals surface area contributed by atoms with E-state index in [0.29, 0.717) is 0 Å². The zero-order chi connectivity index (χ0) is 26.3. The molecule has 2 aromatic carbocycles. The Morgan fingerprint density at radius 1 is 0.974 bits per heavy atom. The minimum atomic E-state index is 0.176. The highest BCUT2D eigenvalue weighted by Gasteiger charge is 2.28. The Hall–Kier alpha value is -2.40. The van der Waals surface area contributed by atoms with Crippen molar-refractivity contribution in [2.24, 2.45) is 0 Å². The van der Waals surface area contributed by atoms with E-state index in [1.54, 1.807) is 0 Å². The van der Waals surface area contributed by atoms with Gasteiger partial charge < -0.3 is 9.64 Å². The van der Waals surface area contributed by atoms with Crippen molar-refractivity contribution in [1.82, 2.24) is 14.8 Å². The summed E-state index contributed by atoms with van der Waals surface area (Å²) in [5.74, 6) is 1.17. The molecule has 0 bridgehead atoms. The SMILES string of the molecule is Cc1cc(CC(c2ccc(Cl)cc2)c2ccccn2)ccc1OCCN1CCC(N(C)C2CCCC2)CC1. The number of hydrogen-bond donors (Lipinski definition) is 0. The minimum Gasteiger partial charge on any atom is -0.492 e. The summed E-state index contributed by atoms with van der Waals surface area (Å²) in [6, 6.07) is 22.5. The van der Waals surface area contributed by atoms with Gasteiger partial charge in [-0.1, -0.05) is 54.8 Å². The lowest BCUT2D eigenvalue weighted by atomic mass is 9.88. The number of aryl methyl sites for hydroxylation is 1. The predicted molar refractivity (Wildman–Crippen MR) is 157 cm³/mol. The number of hydrogen-bond acceptors (Lipinski definition) is 4. The fraction of sp³-hybridized carbons (Fsp3) is 0.485. The van der Waals surface area contributed by atoms with Crippen LogP contribution >= 0.6 is 11.6 Å². The van der Waals surface area contributed by atoms with E-state index < -0.39 is 0 Å². The van der Waals surface area contributed by atoms with Gasteiger partial charge in [0.05, 0.1) is 0 Å². The van der Waals surface area contributed by atoms with Crippen molar-refractivity contribution in [3.63, 3.8) is 0 Å². The molecule has 5 heteroatoms. The topological polar surface area (TPSA) is 28.6 Å². The van der Waals surface area contributed by atoms with Crippen LogP contribution in [0.2, 0.25) is 5.02 Å². The first-order valence-corrected chi connectivity index (χ1v) is 14.8. The van der Waals surface area contributed by atoms with Gasteiger partial charge in [-0.05, 0) is 106 Å². The molecule has 0 spiro atoms. The first kappa shape index (κ1) is 27.2. The van der Waals surface area contributed by atoms with E-state index in [-0.39, 0.29) is 5.92 Å². The highest BCUT2D eigenvalue weighted by atomic mass is 35.5. The van der Waals surface area contributed by atoms with E-state index in [0.717, 1.165) is 48.1 Å². The van der Waals surface area contributed by atoms with Crippen molar-refractivity contribution < 1.29 is 4.74 Å². The lowest BCUT2D eigenvalue weighted by Gasteiger charge is -2.39. The van der Waals surface area contributed by atoms with Gasteiger partial charge >= 0.3 is 0 Å². The molecule has 1 atom stereocenters. The number of pyridine rings is 1. The monoisotopic (exact) mass is 531 g/mol. The fourth-order valence-corrected chi connectivity index (χ4v) is 6.48. The van der Waals surface area contributed by atoms with Gasteiger partial charge in [0, 0.05) is 41.5 Å². The molecular formula is C33H42ClN3O. The summed E-state index contributed by atoms with van der Waals surface area (Å²) in [5, 5.41) is 0.756. The molecule has 1 aliphatic carbocycles. The van der Waals surface area contributed by atoms with Gasteiger partial charge in [0.2, 0.25) is 0 Å². The summed E-state index contributed by atoms with van der Waals surface area (Å²) in [6.45, 7) is 6.26. The molecule has 202 valence electrons. The number of benzene rings is 2. The van der Waals surface area contributed by atoms with Gasteiger partial charge in [-0.2, -0.15) is 0 Å². The first-order valence-electron chi connectivity index (χ1n) is 14.4. The maximum absolute atomic E-state index is 6.26. The lowest BCUT2D eigenvalue weighted by molar-refractivity contribution is 0.0901. The number of rotatable bonds is 10. The second-order valence-corrected chi connectivity index (χ2v) is 11.6. The smallest absolute Gasteiger partial charge is 0.122 e. The summed E-state index contributed by atoms with van der Waals surface area (Å²) in [6.07, 6.45) is 10.9. The van der Waals surface area contributed by atoms with E-state index in [1.165, 1.54) is 68.3 Å². The third-order valence-electron chi connectivity index (χ3n) is 8.70. The molecule has 3 aromatic rings. The summed E-state index contributed by atoms with van der Waals surface area (Å²) in [4.78, 5) is 9.94. The summed E-state index contributed by atoms with van der Waals surface area (Å²) >= 11 is 6.16. The van der Waals surface area contributed by atoms with Crippen LogP contribution in [-0.2, 0) is 6.42 Å². The standard InChI is InChI=1S/C33H42ClN3O/c1-25-23-26(24-31(32-9-5-6-18-35-32)27-11-13-28(34)14-12-27)10-15-33(25)38-22-21-37-19-16-30(17-20-37)36(2)29-7-3-4-8-29/h5-6,9-15,18,23,29-31H,3-4,7-8,16-17,19-22,24H2,1-2H3. The van der Waals surface area contributed by atoms with Crippen LogP contribution in [0.3, 0.4) is 0 Å². The third kappa shape index (κ3) is 6.97. The molecule has 2 fully saturated rings. The van der Waals surface area contributed by atoms with Crippen LogP contribution in [0.4, 0.5) is 0 Å². The molecule has 38 heavy (non-hydrogen) atoms. The van der Waals surface area contributed by atoms with E-state index in [2.05, 4.69) is 71.2 Å². The van der Waals surface area contributed by atoms with Gasteiger partial charge in [-0.15, -0.1) is 0 Å². The third-order valence-corrected chi connectivity index (χ3v) is 8.95. The van der Waals surface area contributed by atoms with Crippen LogP contribution in [0.1, 0.15) is 66.8 Å². The molecule has 0 N–H and O–H groups in total. The van der Waals surface area contributed by atoms with E-state index >= 15 is 0 Å². The Bertz CT molecular complexity index is 1140. The second kappa shape index (κ2) is 13.1. The molecule has 2 heterocycles. The molecule has 2 aliphatic rings. The van der Waals surface area contributed by atoms with Crippen LogP contribution in [0.15, 0.2) is 66.9 Å². The quantitative estimate of drug-likeness (QED) is 0.278. The van der Waals surface area contributed by atoms with Gasteiger partial charge in [0.15, 0.2) is 0 Å².